The average Bonchev–Trinajstić information content (AvgIpc) is 2.73. The first-order valence-electron chi connectivity index (χ1n) is 9.66. The predicted molar refractivity (Wildman–Crippen MR) is 116 cm³/mol. The van der Waals surface area contributed by atoms with Gasteiger partial charge in [0.15, 0.2) is 5.16 Å². The summed E-state index contributed by atoms with van der Waals surface area (Å²) in [6.07, 6.45) is 0. The number of thioether (sulfide) groups is 1. The summed E-state index contributed by atoms with van der Waals surface area (Å²) in [6, 6.07) is 6.21. The van der Waals surface area contributed by atoms with Crippen molar-refractivity contribution in [1.29, 1.82) is 0 Å². The zero-order valence-electron chi connectivity index (χ0n) is 17.5. The third-order valence-corrected chi connectivity index (χ3v) is 7.87. The van der Waals surface area contributed by atoms with E-state index in [2.05, 4.69) is 15.3 Å². The predicted octanol–water partition coefficient (Wildman–Crippen LogP) is 2.54. The molecule has 0 spiro atoms. The van der Waals surface area contributed by atoms with Crippen molar-refractivity contribution in [3.05, 3.63) is 41.2 Å². The smallest absolute Gasteiger partial charge is 0.243 e. The number of aryl methyl sites for hydroxylation is 2. The van der Waals surface area contributed by atoms with Crippen molar-refractivity contribution in [2.24, 2.45) is 0 Å². The Morgan fingerprint density at radius 2 is 1.67 bits per heavy atom. The van der Waals surface area contributed by atoms with E-state index in [1.807, 2.05) is 20.8 Å². The lowest BCUT2D eigenvalue weighted by Crippen LogP contribution is -2.40. The van der Waals surface area contributed by atoms with Gasteiger partial charge in [0.05, 0.1) is 23.4 Å². The van der Waals surface area contributed by atoms with Crippen molar-refractivity contribution in [3.63, 3.8) is 0 Å². The summed E-state index contributed by atoms with van der Waals surface area (Å²) in [5.74, 6) is -0.205. The number of amides is 1. The van der Waals surface area contributed by atoms with Crippen molar-refractivity contribution < 1.29 is 17.9 Å². The number of benzene rings is 1. The van der Waals surface area contributed by atoms with E-state index in [0.717, 1.165) is 17.0 Å². The van der Waals surface area contributed by atoms with Crippen molar-refractivity contribution in [2.45, 2.75) is 43.0 Å². The van der Waals surface area contributed by atoms with Crippen LogP contribution in [0.4, 0.5) is 5.69 Å². The Hall–Kier alpha value is -2.01. The quantitative estimate of drug-likeness (QED) is 0.533. The number of sulfonamides is 1. The van der Waals surface area contributed by atoms with Crippen molar-refractivity contribution in [3.8, 4) is 0 Å². The number of hydrogen-bond acceptors (Lipinski definition) is 7. The number of aromatic nitrogens is 2. The van der Waals surface area contributed by atoms with Crippen LogP contribution in [-0.4, -0.2) is 60.2 Å². The summed E-state index contributed by atoms with van der Waals surface area (Å²) in [4.78, 5) is 21.6. The third kappa shape index (κ3) is 5.18. The summed E-state index contributed by atoms with van der Waals surface area (Å²) in [5.41, 5.74) is 3.37. The molecule has 2 heterocycles. The zero-order chi connectivity index (χ0) is 21.9. The van der Waals surface area contributed by atoms with Crippen LogP contribution < -0.4 is 5.32 Å². The van der Waals surface area contributed by atoms with Crippen LogP contribution in [0.5, 0.6) is 0 Å². The van der Waals surface area contributed by atoms with E-state index in [0.29, 0.717) is 37.1 Å². The molecule has 3 rings (SSSR count). The largest absolute Gasteiger partial charge is 0.379 e. The fourth-order valence-corrected chi connectivity index (χ4v) is 5.17. The van der Waals surface area contributed by atoms with Crippen LogP contribution in [0.2, 0.25) is 0 Å². The van der Waals surface area contributed by atoms with E-state index in [4.69, 9.17) is 4.74 Å². The van der Waals surface area contributed by atoms with Gasteiger partial charge in [0, 0.05) is 30.2 Å². The van der Waals surface area contributed by atoms with Gasteiger partial charge in [-0.2, -0.15) is 4.31 Å². The molecule has 1 fully saturated rings. The maximum absolute atomic E-state index is 12.7. The highest BCUT2D eigenvalue weighted by Crippen LogP contribution is 2.24. The molecule has 0 bridgehead atoms. The molecule has 1 amide bonds. The van der Waals surface area contributed by atoms with Gasteiger partial charge < -0.3 is 10.1 Å². The minimum atomic E-state index is -3.56. The monoisotopic (exact) mass is 450 g/mol. The van der Waals surface area contributed by atoms with E-state index >= 15 is 0 Å². The molecular weight excluding hydrogens is 424 g/mol. The van der Waals surface area contributed by atoms with Crippen LogP contribution in [-0.2, 0) is 19.6 Å². The lowest BCUT2D eigenvalue weighted by molar-refractivity contribution is -0.115. The first-order valence-corrected chi connectivity index (χ1v) is 12.0. The molecule has 2 aromatic rings. The Balaban J connectivity index is 1.64. The SMILES string of the molecule is Cc1nc(S[C@H](C)C(=O)Nc2ccc(S(=O)(=O)N3CCOCC3)cc2)nc(C)c1C. The van der Waals surface area contributed by atoms with Gasteiger partial charge in [-0.1, -0.05) is 11.8 Å². The van der Waals surface area contributed by atoms with Crippen LogP contribution in [0.15, 0.2) is 34.3 Å². The number of rotatable bonds is 6. The van der Waals surface area contributed by atoms with Crippen LogP contribution in [0.25, 0.3) is 0 Å². The highest BCUT2D eigenvalue weighted by molar-refractivity contribution is 8.00. The minimum absolute atomic E-state index is 0.198. The molecule has 1 atom stereocenters. The second-order valence-corrected chi connectivity index (χ2v) is 10.3. The van der Waals surface area contributed by atoms with Gasteiger partial charge in [0.25, 0.3) is 0 Å². The van der Waals surface area contributed by atoms with Gasteiger partial charge in [0.1, 0.15) is 0 Å². The summed E-state index contributed by atoms with van der Waals surface area (Å²) in [5, 5.41) is 2.96. The molecular formula is C20H26N4O4S2. The van der Waals surface area contributed by atoms with E-state index in [1.54, 1.807) is 19.1 Å². The van der Waals surface area contributed by atoms with Crippen LogP contribution >= 0.6 is 11.8 Å². The highest BCUT2D eigenvalue weighted by atomic mass is 32.2. The summed E-state index contributed by atoms with van der Waals surface area (Å²) < 4.78 is 32.0. The van der Waals surface area contributed by atoms with E-state index in [1.165, 1.54) is 28.2 Å². The Kier molecular flexibility index (Phi) is 7.12. The van der Waals surface area contributed by atoms with Gasteiger partial charge in [0.2, 0.25) is 15.9 Å². The van der Waals surface area contributed by atoms with Crippen LogP contribution in [0, 0.1) is 20.8 Å². The Labute approximate surface area is 181 Å². The zero-order valence-corrected chi connectivity index (χ0v) is 19.1. The number of hydrogen-bond donors (Lipinski definition) is 1. The number of carbonyl (C=O) groups is 1. The Morgan fingerprint density at radius 1 is 1.10 bits per heavy atom. The molecule has 1 aliphatic rings. The number of anilines is 1. The maximum atomic E-state index is 12.7. The molecule has 0 radical (unpaired) electrons. The molecule has 10 heteroatoms. The average molecular weight is 451 g/mol. The molecule has 1 aromatic heterocycles. The van der Waals surface area contributed by atoms with Crippen molar-refractivity contribution >= 4 is 33.4 Å². The molecule has 1 aliphatic heterocycles. The van der Waals surface area contributed by atoms with E-state index in [9.17, 15) is 13.2 Å². The van der Waals surface area contributed by atoms with Crippen LogP contribution in [0.3, 0.4) is 0 Å². The second-order valence-electron chi connectivity index (χ2n) is 7.09. The first-order chi connectivity index (χ1) is 14.2. The molecule has 1 saturated heterocycles. The molecule has 0 unspecified atom stereocenters. The van der Waals surface area contributed by atoms with Crippen molar-refractivity contribution in [2.75, 3.05) is 31.6 Å². The molecule has 8 nitrogen and oxygen atoms in total. The van der Waals surface area contributed by atoms with Gasteiger partial charge >= 0.3 is 0 Å². The number of ether oxygens (including phenoxy) is 1. The fourth-order valence-electron chi connectivity index (χ4n) is 2.90. The molecule has 1 aromatic carbocycles. The number of nitrogens with zero attached hydrogens (tertiary/aromatic N) is 3. The molecule has 162 valence electrons. The van der Waals surface area contributed by atoms with Crippen LogP contribution in [0.1, 0.15) is 23.9 Å². The Bertz CT molecular complexity index is 997. The lowest BCUT2D eigenvalue weighted by atomic mass is 10.2. The third-order valence-electron chi connectivity index (χ3n) is 4.99. The van der Waals surface area contributed by atoms with E-state index in [-0.39, 0.29) is 10.8 Å². The standard InChI is InChI=1S/C20H26N4O4S2/c1-13-14(2)21-20(22-15(13)3)29-16(4)19(25)23-17-5-7-18(8-6-17)30(26,27)24-9-11-28-12-10-24/h5-8,16H,9-12H2,1-4H3,(H,23,25)/t16-/m1/s1. The van der Waals surface area contributed by atoms with Gasteiger partial charge in [-0.05, 0) is 57.5 Å². The maximum Gasteiger partial charge on any atom is 0.243 e. The molecule has 0 aliphatic carbocycles. The number of carbonyl (C=O) groups excluding carboxylic acids is 1. The summed E-state index contributed by atoms with van der Waals surface area (Å²) in [7, 11) is -3.56. The Morgan fingerprint density at radius 3 is 2.23 bits per heavy atom. The fraction of sp³-hybridized carbons (Fsp3) is 0.450. The number of nitrogens with one attached hydrogen (secondary N) is 1. The van der Waals surface area contributed by atoms with Gasteiger partial charge in [-0.25, -0.2) is 18.4 Å². The minimum Gasteiger partial charge on any atom is -0.379 e. The topological polar surface area (TPSA) is 101 Å². The lowest BCUT2D eigenvalue weighted by Gasteiger charge is -2.26. The first kappa shape index (κ1) is 22.7. The summed E-state index contributed by atoms with van der Waals surface area (Å²) in [6.45, 7) is 9.07. The molecule has 0 saturated carbocycles. The molecule has 1 N–H and O–H groups in total. The second kappa shape index (κ2) is 9.42. The highest BCUT2D eigenvalue weighted by Gasteiger charge is 2.26. The molecule has 30 heavy (non-hydrogen) atoms. The van der Waals surface area contributed by atoms with Gasteiger partial charge in [-0.3, -0.25) is 4.79 Å². The summed E-state index contributed by atoms with van der Waals surface area (Å²) >= 11 is 1.29. The van der Waals surface area contributed by atoms with E-state index < -0.39 is 15.3 Å². The van der Waals surface area contributed by atoms with Gasteiger partial charge in [-0.15, -0.1) is 0 Å². The number of morpholine rings is 1. The van der Waals surface area contributed by atoms with Crippen molar-refractivity contribution in [1.82, 2.24) is 14.3 Å². The normalized spacial score (nSPS) is 16.3.